The minimum atomic E-state index is -3.35. The minimum Gasteiger partial charge on any atom is -0.380 e. The van der Waals surface area contributed by atoms with Gasteiger partial charge in [0.15, 0.2) is 0 Å². The van der Waals surface area contributed by atoms with E-state index in [0.29, 0.717) is 30.5 Å². The normalized spacial score (nSPS) is 18.1. The number of hydrogen-bond acceptors (Lipinski definition) is 5. The molecule has 1 aliphatic heterocycles. The number of nitrogens with zero attached hydrogens (tertiary/aromatic N) is 1. The summed E-state index contributed by atoms with van der Waals surface area (Å²) in [5.41, 5.74) is 1.04. The lowest BCUT2D eigenvalue weighted by molar-refractivity contribution is 0.148. The highest BCUT2D eigenvalue weighted by atomic mass is 32.2. The van der Waals surface area contributed by atoms with E-state index in [-0.39, 0.29) is 0 Å². The molecular weight excluding hydrogens is 296 g/mol. The molecular formula is C13H22N2O3S2. The van der Waals surface area contributed by atoms with Crippen molar-refractivity contribution in [1.82, 2.24) is 9.62 Å². The molecule has 0 atom stereocenters. The summed E-state index contributed by atoms with van der Waals surface area (Å²) in [6, 6.07) is 1.79. The Labute approximate surface area is 125 Å². The van der Waals surface area contributed by atoms with Crippen LogP contribution in [0, 0.1) is 0 Å². The van der Waals surface area contributed by atoms with Gasteiger partial charge in [0.2, 0.25) is 0 Å². The summed E-state index contributed by atoms with van der Waals surface area (Å²) in [5, 5.41) is 5.20. The quantitative estimate of drug-likeness (QED) is 0.811. The standard InChI is InChI=1S/C13H22N2O3S2/c1-2-4-14-10-12-9-13(19-11-12)20(16,17)15-5-3-7-18-8-6-15/h9,11,14H,2-8,10H2,1H3. The molecule has 5 nitrogen and oxygen atoms in total. The Hall–Kier alpha value is -0.470. The van der Waals surface area contributed by atoms with E-state index >= 15 is 0 Å². The summed E-state index contributed by atoms with van der Waals surface area (Å²) in [4.78, 5) is 0. The van der Waals surface area contributed by atoms with Gasteiger partial charge in [-0.25, -0.2) is 8.42 Å². The number of rotatable bonds is 6. The van der Waals surface area contributed by atoms with Crippen LogP contribution < -0.4 is 5.32 Å². The molecule has 0 aromatic carbocycles. The SMILES string of the molecule is CCCNCc1csc(S(=O)(=O)N2CCCOCC2)c1. The monoisotopic (exact) mass is 318 g/mol. The lowest BCUT2D eigenvalue weighted by Gasteiger charge is -2.17. The maximum absolute atomic E-state index is 12.5. The smallest absolute Gasteiger partial charge is 0.252 e. The zero-order valence-corrected chi connectivity index (χ0v) is 13.4. The molecule has 0 unspecified atom stereocenters. The van der Waals surface area contributed by atoms with Gasteiger partial charge >= 0.3 is 0 Å². The highest BCUT2D eigenvalue weighted by molar-refractivity contribution is 7.91. The highest BCUT2D eigenvalue weighted by Gasteiger charge is 2.26. The van der Waals surface area contributed by atoms with Gasteiger partial charge in [0, 0.05) is 26.2 Å². The lowest BCUT2D eigenvalue weighted by atomic mass is 10.3. The van der Waals surface area contributed by atoms with Crippen molar-refractivity contribution in [2.24, 2.45) is 0 Å². The van der Waals surface area contributed by atoms with E-state index < -0.39 is 10.0 Å². The third-order valence-corrected chi connectivity index (χ3v) is 6.52. The number of sulfonamides is 1. The molecule has 0 bridgehead atoms. The van der Waals surface area contributed by atoms with Gasteiger partial charge < -0.3 is 10.1 Å². The van der Waals surface area contributed by atoms with E-state index in [1.807, 2.05) is 5.38 Å². The molecule has 0 spiro atoms. The second-order valence-corrected chi connectivity index (χ2v) is 7.90. The van der Waals surface area contributed by atoms with E-state index in [1.165, 1.54) is 15.6 Å². The van der Waals surface area contributed by atoms with Crippen LogP contribution in [-0.2, 0) is 21.3 Å². The molecule has 1 saturated heterocycles. The Morgan fingerprint density at radius 3 is 3.05 bits per heavy atom. The second kappa shape index (κ2) is 7.51. The Balaban J connectivity index is 2.05. The molecule has 1 aromatic heterocycles. The zero-order chi connectivity index (χ0) is 14.4. The van der Waals surface area contributed by atoms with Crippen LogP contribution in [0.1, 0.15) is 25.3 Å². The molecule has 1 aliphatic rings. The fraction of sp³-hybridized carbons (Fsp3) is 0.692. The number of thiophene rings is 1. The van der Waals surface area contributed by atoms with Crippen LogP contribution in [0.2, 0.25) is 0 Å². The first-order valence-corrected chi connectivity index (χ1v) is 9.32. The largest absolute Gasteiger partial charge is 0.380 e. The Kier molecular flexibility index (Phi) is 5.98. The summed E-state index contributed by atoms with van der Waals surface area (Å²) in [5.74, 6) is 0. The third-order valence-electron chi connectivity index (χ3n) is 3.16. The fourth-order valence-electron chi connectivity index (χ4n) is 2.08. The van der Waals surface area contributed by atoms with Crippen LogP contribution in [0.3, 0.4) is 0 Å². The van der Waals surface area contributed by atoms with E-state index in [2.05, 4.69) is 12.2 Å². The molecule has 20 heavy (non-hydrogen) atoms. The molecule has 1 fully saturated rings. The summed E-state index contributed by atoms with van der Waals surface area (Å²) in [7, 11) is -3.35. The van der Waals surface area contributed by atoms with Crippen LogP contribution in [0.5, 0.6) is 0 Å². The van der Waals surface area contributed by atoms with Crippen molar-refractivity contribution in [3.8, 4) is 0 Å². The molecule has 0 aliphatic carbocycles. The molecule has 1 N–H and O–H groups in total. The van der Waals surface area contributed by atoms with Crippen molar-refractivity contribution < 1.29 is 13.2 Å². The van der Waals surface area contributed by atoms with Gasteiger partial charge in [-0.05, 0) is 36.4 Å². The van der Waals surface area contributed by atoms with Crippen molar-refractivity contribution in [3.63, 3.8) is 0 Å². The average molecular weight is 318 g/mol. The van der Waals surface area contributed by atoms with Gasteiger partial charge in [0.1, 0.15) is 4.21 Å². The van der Waals surface area contributed by atoms with Crippen molar-refractivity contribution in [2.75, 3.05) is 32.8 Å². The van der Waals surface area contributed by atoms with Crippen LogP contribution in [-0.4, -0.2) is 45.6 Å². The van der Waals surface area contributed by atoms with Crippen molar-refractivity contribution in [1.29, 1.82) is 0 Å². The van der Waals surface area contributed by atoms with Crippen molar-refractivity contribution >= 4 is 21.4 Å². The van der Waals surface area contributed by atoms with E-state index in [4.69, 9.17) is 4.74 Å². The van der Waals surface area contributed by atoms with Gasteiger partial charge in [-0.3, -0.25) is 0 Å². The fourth-order valence-corrected chi connectivity index (χ4v) is 4.91. The van der Waals surface area contributed by atoms with E-state index in [0.717, 1.165) is 31.5 Å². The zero-order valence-electron chi connectivity index (χ0n) is 11.8. The van der Waals surface area contributed by atoms with E-state index in [1.54, 1.807) is 6.07 Å². The molecule has 2 heterocycles. The maximum Gasteiger partial charge on any atom is 0.252 e. The van der Waals surface area contributed by atoms with Gasteiger partial charge in [0.25, 0.3) is 10.0 Å². The van der Waals surface area contributed by atoms with Gasteiger partial charge in [-0.2, -0.15) is 4.31 Å². The van der Waals surface area contributed by atoms with Gasteiger partial charge in [-0.1, -0.05) is 6.92 Å². The first-order chi connectivity index (χ1) is 9.64. The Morgan fingerprint density at radius 2 is 2.25 bits per heavy atom. The number of ether oxygens (including phenoxy) is 1. The number of nitrogens with one attached hydrogen (secondary N) is 1. The Morgan fingerprint density at radius 1 is 1.40 bits per heavy atom. The molecule has 2 rings (SSSR count). The molecule has 114 valence electrons. The maximum atomic E-state index is 12.5. The number of hydrogen-bond donors (Lipinski definition) is 1. The topological polar surface area (TPSA) is 58.6 Å². The van der Waals surface area contributed by atoms with Gasteiger partial charge in [-0.15, -0.1) is 11.3 Å². The highest BCUT2D eigenvalue weighted by Crippen LogP contribution is 2.24. The van der Waals surface area contributed by atoms with Crippen LogP contribution in [0.25, 0.3) is 0 Å². The molecule has 0 radical (unpaired) electrons. The minimum absolute atomic E-state index is 0.438. The second-order valence-electron chi connectivity index (χ2n) is 4.82. The first-order valence-electron chi connectivity index (χ1n) is 7.00. The Bertz CT molecular complexity index is 505. The van der Waals surface area contributed by atoms with Crippen molar-refractivity contribution in [2.45, 2.75) is 30.5 Å². The molecule has 0 saturated carbocycles. The summed E-state index contributed by atoms with van der Waals surface area (Å²) in [6.07, 6.45) is 1.83. The van der Waals surface area contributed by atoms with Gasteiger partial charge in [0.05, 0.1) is 6.61 Å². The van der Waals surface area contributed by atoms with Crippen LogP contribution >= 0.6 is 11.3 Å². The van der Waals surface area contributed by atoms with Crippen molar-refractivity contribution in [3.05, 3.63) is 17.0 Å². The van der Waals surface area contributed by atoms with Crippen LogP contribution in [0.4, 0.5) is 0 Å². The summed E-state index contributed by atoms with van der Waals surface area (Å²) < 4.78 is 32.4. The lowest BCUT2D eigenvalue weighted by Crippen LogP contribution is -2.32. The predicted octanol–water partition coefficient (Wildman–Crippen LogP) is 1.66. The molecule has 7 heteroatoms. The van der Waals surface area contributed by atoms with E-state index in [9.17, 15) is 8.42 Å². The van der Waals surface area contributed by atoms with Crippen LogP contribution in [0.15, 0.2) is 15.7 Å². The summed E-state index contributed by atoms with van der Waals surface area (Å²) >= 11 is 1.30. The summed E-state index contributed by atoms with van der Waals surface area (Å²) in [6.45, 7) is 5.90. The first kappa shape index (κ1) is 15.9. The average Bonchev–Trinajstić information content (AvgIpc) is 2.73. The molecule has 1 aromatic rings. The third kappa shape index (κ3) is 4.02. The molecule has 0 amide bonds. The predicted molar refractivity (Wildman–Crippen MR) is 80.5 cm³/mol.